The third kappa shape index (κ3) is 8.58. The van der Waals surface area contributed by atoms with Crippen molar-refractivity contribution in [2.75, 3.05) is 17.4 Å². The van der Waals surface area contributed by atoms with Crippen molar-refractivity contribution in [2.24, 2.45) is 18.1 Å². The summed E-state index contributed by atoms with van der Waals surface area (Å²) in [5.41, 5.74) is 1.08. The van der Waals surface area contributed by atoms with Crippen LogP contribution in [0.2, 0.25) is 0 Å². The number of oxime groups is 1. The second kappa shape index (κ2) is 15.6. The first-order chi connectivity index (χ1) is 20.4. The zero-order chi connectivity index (χ0) is 30.9. The average molecular weight is 788 g/mol. The predicted molar refractivity (Wildman–Crippen MR) is 163 cm³/mol. The van der Waals surface area contributed by atoms with Crippen LogP contribution in [0.4, 0.5) is 5.13 Å². The van der Waals surface area contributed by atoms with E-state index in [1.807, 2.05) is 46.6 Å². The number of thiazole rings is 1. The second-order valence-corrected chi connectivity index (χ2v) is 14.4. The molecule has 1 fully saturated rings. The Labute approximate surface area is 299 Å². The van der Waals surface area contributed by atoms with Crippen LogP contribution in [0.5, 0.6) is 0 Å². The van der Waals surface area contributed by atoms with Crippen molar-refractivity contribution in [3.8, 4) is 11.3 Å². The molecule has 0 aliphatic carbocycles. The summed E-state index contributed by atoms with van der Waals surface area (Å²) < 4.78 is 17.7. The standard InChI is InChI=1S/C23H22N7O8PS4.CH3.Y/c1-3-38-26-16(18-25-22(43-28-18)27-39(35,36)37)14(31)8-12-19(32)30-17(21(33)34)15(10-40-20(12)30)42-23-24-13(9-41-23)11-4-6-29(2)7-5-11;;/h4-7,9,12,20H,3,8,10H2,1-2H3,(H3-,25,27,28,33,34,35,36,37);1H3;/q;+1;/b26-16+;;/t12-,20-;;/m1../s1. The summed E-state index contributed by atoms with van der Waals surface area (Å²) in [6, 6.07) is 3.84. The molecule has 0 spiro atoms. The predicted octanol–water partition coefficient (Wildman–Crippen LogP) is 1.42. The summed E-state index contributed by atoms with van der Waals surface area (Å²) in [6.45, 7) is 1.73. The fourth-order valence-electron chi connectivity index (χ4n) is 4.14. The van der Waals surface area contributed by atoms with Crippen LogP contribution < -0.4 is 14.8 Å². The van der Waals surface area contributed by atoms with Gasteiger partial charge in [-0.25, -0.2) is 14.1 Å². The zero-order valence-electron chi connectivity index (χ0n) is 23.8. The Morgan fingerprint density at radius 2 is 2.02 bits per heavy atom. The number of aryl methyl sites for hydroxylation is 1. The molecule has 3 aromatic heterocycles. The van der Waals surface area contributed by atoms with Crippen LogP contribution in [-0.4, -0.2) is 70.1 Å². The van der Waals surface area contributed by atoms with Gasteiger partial charge in [0.15, 0.2) is 28.2 Å². The van der Waals surface area contributed by atoms with Crippen molar-refractivity contribution in [2.45, 2.75) is 23.1 Å². The molecule has 0 aromatic carbocycles. The van der Waals surface area contributed by atoms with Crippen LogP contribution in [0, 0.1) is 13.3 Å². The largest absolute Gasteiger partial charge is 0.543 e. The number of carbonyl (C=O) groups excluding carboxylic acids is 3. The number of aliphatic carboxylic acids is 1. The minimum atomic E-state index is -4.66. The number of nitrogens with zero attached hydrogens (tertiary/aromatic N) is 6. The van der Waals surface area contributed by atoms with Crippen molar-refractivity contribution >= 4 is 82.6 Å². The SMILES string of the molecule is CCO/N=C(\C(=O)C[C@@H]1C(=O)N2C(C(=O)[O-])=C(Sc3nc(-c4cc[n+](C)cc4)cs3)CS[C@H]12)c1nsc(NP(=O)(O)O)n1.[CH3+].[Y]. The van der Waals surface area contributed by atoms with Gasteiger partial charge in [0.1, 0.15) is 13.7 Å². The number of rotatable bonds is 12. The number of amides is 1. The van der Waals surface area contributed by atoms with Crippen LogP contribution in [0.1, 0.15) is 19.2 Å². The van der Waals surface area contributed by atoms with Gasteiger partial charge in [-0.2, -0.15) is 9.36 Å². The van der Waals surface area contributed by atoms with Gasteiger partial charge in [-0.15, -0.1) is 23.1 Å². The van der Waals surface area contributed by atoms with Gasteiger partial charge in [0.2, 0.25) is 16.9 Å². The van der Waals surface area contributed by atoms with E-state index in [1.54, 1.807) is 6.92 Å². The summed E-state index contributed by atoms with van der Waals surface area (Å²) in [4.78, 5) is 71.9. The maximum absolute atomic E-state index is 13.2. The van der Waals surface area contributed by atoms with E-state index in [0.717, 1.165) is 27.9 Å². The van der Waals surface area contributed by atoms with Gasteiger partial charge in [-0.3, -0.25) is 19.6 Å². The van der Waals surface area contributed by atoms with E-state index >= 15 is 0 Å². The van der Waals surface area contributed by atoms with Gasteiger partial charge in [0, 0.05) is 91.8 Å². The van der Waals surface area contributed by atoms with E-state index in [-0.39, 0.29) is 81.3 Å². The number of carboxylic acids is 1. The van der Waals surface area contributed by atoms with Gasteiger partial charge in [-0.1, -0.05) is 16.9 Å². The van der Waals surface area contributed by atoms with Crippen molar-refractivity contribution in [1.82, 2.24) is 19.2 Å². The van der Waals surface area contributed by atoms with Crippen LogP contribution in [0.25, 0.3) is 11.3 Å². The summed E-state index contributed by atoms with van der Waals surface area (Å²) in [6.07, 6.45) is 3.45. The number of thioether (sulfide) groups is 2. The van der Waals surface area contributed by atoms with Gasteiger partial charge < -0.3 is 24.5 Å². The number of carbonyl (C=O) groups is 3. The molecule has 5 rings (SSSR count). The molecule has 45 heavy (non-hydrogen) atoms. The number of carboxylic acid groups (broad SMARTS) is 1. The molecule has 2 aliphatic rings. The number of nitrogens with one attached hydrogen (secondary N) is 1. The van der Waals surface area contributed by atoms with Crippen LogP contribution in [0.3, 0.4) is 0 Å². The number of aromatic nitrogens is 4. The van der Waals surface area contributed by atoms with Gasteiger partial charge in [0.05, 0.1) is 28.7 Å². The first-order valence-corrected chi connectivity index (χ1v) is 17.5. The molecule has 21 heteroatoms. The van der Waals surface area contributed by atoms with E-state index < -0.39 is 36.7 Å². The Kier molecular flexibility index (Phi) is 12.9. The smallest absolute Gasteiger partial charge is 0.429 e. The topological polar surface area (TPSA) is 211 Å². The van der Waals surface area contributed by atoms with E-state index in [1.165, 1.54) is 23.1 Å². The molecule has 0 bridgehead atoms. The number of ketones is 1. The van der Waals surface area contributed by atoms with Crippen LogP contribution >= 0.6 is 54.1 Å². The van der Waals surface area contributed by atoms with Gasteiger partial charge >= 0.3 is 7.75 Å². The Morgan fingerprint density at radius 1 is 1.31 bits per heavy atom. The molecule has 1 saturated heterocycles. The van der Waals surface area contributed by atoms with Gasteiger partial charge in [0.25, 0.3) is 0 Å². The normalized spacial score (nSPS) is 17.9. The number of Topliss-reactive ketones (excluding diaryl/α,β-unsaturated/α-hetero) is 1. The third-order valence-corrected chi connectivity index (χ3v) is 10.9. The average Bonchev–Trinajstić information content (AvgIpc) is 3.60. The minimum absolute atomic E-state index is 0. The molecule has 3 aromatic rings. The number of fused-ring (bicyclic) bond motifs is 1. The van der Waals surface area contributed by atoms with Crippen LogP contribution in [0.15, 0.2) is 50.0 Å². The molecular formula is C24H25N7O8PS4Y+. The number of pyridine rings is 1. The van der Waals surface area contributed by atoms with Crippen molar-refractivity contribution in [1.29, 1.82) is 0 Å². The Hall–Kier alpha value is -2.22. The maximum atomic E-state index is 13.2. The molecule has 235 valence electrons. The summed E-state index contributed by atoms with van der Waals surface area (Å²) >= 11 is 4.43. The molecule has 3 N–H and O–H groups in total. The molecule has 5 heterocycles. The number of hydrogen-bond acceptors (Lipinski definition) is 14. The van der Waals surface area contributed by atoms with E-state index in [2.05, 4.69) is 19.5 Å². The summed E-state index contributed by atoms with van der Waals surface area (Å²) in [5.74, 6) is -3.56. The van der Waals surface area contributed by atoms with Gasteiger partial charge in [-0.05, 0) is 6.92 Å². The molecule has 1 amide bonds. The third-order valence-electron chi connectivity index (χ3n) is 6.04. The molecular weight excluding hydrogens is 762 g/mol. The molecule has 1 radical (unpaired) electrons. The number of anilines is 1. The Balaban J connectivity index is 0.00000276. The molecule has 0 unspecified atom stereocenters. The minimum Gasteiger partial charge on any atom is -0.543 e. The van der Waals surface area contributed by atoms with E-state index in [0.29, 0.717) is 20.8 Å². The zero-order valence-corrected chi connectivity index (χ0v) is 30.8. The van der Waals surface area contributed by atoms with Crippen molar-refractivity contribution in [3.05, 3.63) is 53.8 Å². The maximum Gasteiger partial charge on any atom is 0.429 e. The summed E-state index contributed by atoms with van der Waals surface area (Å²) in [5, 5.41) is 18.8. The fourth-order valence-corrected chi connectivity index (χ4v) is 8.91. The fraction of sp³-hybridized carbons (Fsp3) is 0.292. The monoisotopic (exact) mass is 787 g/mol. The first kappa shape index (κ1) is 37.2. The first-order valence-electron chi connectivity index (χ1n) is 12.3. The summed E-state index contributed by atoms with van der Waals surface area (Å²) in [7, 11) is -2.76. The number of hydrogen-bond donors (Lipinski definition) is 3. The van der Waals surface area contributed by atoms with Crippen LogP contribution in [-0.2, 0) is 63.5 Å². The van der Waals surface area contributed by atoms with Crippen molar-refractivity contribution in [3.63, 3.8) is 0 Å². The van der Waals surface area contributed by atoms with Crippen molar-refractivity contribution < 1.29 is 76.0 Å². The Bertz CT molecular complexity index is 1690. The van der Waals surface area contributed by atoms with E-state index in [9.17, 15) is 24.1 Å². The molecule has 2 aliphatic heterocycles. The van der Waals surface area contributed by atoms with E-state index in [4.69, 9.17) is 14.6 Å². The quantitative estimate of drug-likeness (QED) is 0.0593. The Morgan fingerprint density at radius 3 is 2.67 bits per heavy atom. The molecule has 0 saturated carbocycles. The second-order valence-electron chi connectivity index (χ2n) is 8.99. The number of β-lactam (4-membered cyclic amide) rings is 1. The molecule has 15 nitrogen and oxygen atoms in total. The molecule has 2 atom stereocenters.